The highest BCUT2D eigenvalue weighted by Crippen LogP contribution is 2.24. The maximum absolute atomic E-state index is 11.9. The average Bonchev–Trinajstić information content (AvgIpc) is 2.96. The van der Waals surface area contributed by atoms with Crippen molar-refractivity contribution in [2.75, 3.05) is 5.32 Å². The number of benzene rings is 1. The Hall–Kier alpha value is -1.59. The number of hydrogen-bond donors (Lipinski definition) is 1. The number of fused-ring (bicyclic) bond motifs is 1. The van der Waals surface area contributed by atoms with E-state index in [1.807, 2.05) is 29.6 Å². The molecule has 2 heterocycles. The fourth-order valence-electron chi connectivity index (χ4n) is 1.67. The molecule has 0 bridgehead atoms. The average molecular weight is 322 g/mol. The number of carbonyl (C=O) groups excluding carboxylic acids is 1. The van der Waals surface area contributed by atoms with Gasteiger partial charge in [0.2, 0.25) is 0 Å². The molecule has 90 valence electrons. The highest BCUT2D eigenvalue weighted by molar-refractivity contribution is 9.10. The van der Waals surface area contributed by atoms with E-state index in [2.05, 4.69) is 21.2 Å². The zero-order valence-electron chi connectivity index (χ0n) is 9.14. The summed E-state index contributed by atoms with van der Waals surface area (Å²) >= 11 is 4.85. The normalized spacial score (nSPS) is 10.7. The van der Waals surface area contributed by atoms with Gasteiger partial charge in [0.1, 0.15) is 0 Å². The summed E-state index contributed by atoms with van der Waals surface area (Å²) in [4.78, 5) is 11.9. The van der Waals surface area contributed by atoms with Crippen LogP contribution in [0, 0.1) is 0 Å². The first-order valence-electron chi connectivity index (χ1n) is 5.26. The van der Waals surface area contributed by atoms with Crippen LogP contribution < -0.4 is 5.32 Å². The standard InChI is InChI=1S/C13H8BrNO2S/c14-12-4-2-10(17-12)13(16)15-9-1-3-11-8(7-9)5-6-18-11/h1-7H,(H,15,16). The zero-order chi connectivity index (χ0) is 12.5. The van der Waals surface area contributed by atoms with Crippen molar-refractivity contribution in [2.45, 2.75) is 0 Å². The van der Waals surface area contributed by atoms with E-state index < -0.39 is 0 Å². The van der Waals surface area contributed by atoms with Crippen molar-refractivity contribution in [2.24, 2.45) is 0 Å². The van der Waals surface area contributed by atoms with Crippen LogP contribution in [0.2, 0.25) is 0 Å². The van der Waals surface area contributed by atoms with Crippen LogP contribution in [-0.2, 0) is 0 Å². The Balaban J connectivity index is 1.85. The second kappa shape index (κ2) is 4.59. The lowest BCUT2D eigenvalue weighted by Crippen LogP contribution is -2.10. The third-order valence-electron chi connectivity index (χ3n) is 2.51. The van der Waals surface area contributed by atoms with Crippen molar-refractivity contribution in [3.63, 3.8) is 0 Å². The Labute approximate surface area is 116 Å². The molecule has 1 amide bonds. The number of thiophene rings is 1. The first-order valence-corrected chi connectivity index (χ1v) is 6.93. The molecule has 0 fully saturated rings. The predicted molar refractivity (Wildman–Crippen MR) is 76.2 cm³/mol. The van der Waals surface area contributed by atoms with Crippen LogP contribution in [0.15, 0.2) is 50.9 Å². The molecule has 3 aromatic rings. The highest BCUT2D eigenvalue weighted by Gasteiger charge is 2.10. The van der Waals surface area contributed by atoms with Crippen LogP contribution >= 0.6 is 27.3 Å². The molecule has 0 saturated heterocycles. The van der Waals surface area contributed by atoms with Crippen LogP contribution in [0.5, 0.6) is 0 Å². The van der Waals surface area contributed by atoms with Gasteiger partial charge < -0.3 is 9.73 Å². The fraction of sp³-hybridized carbons (Fsp3) is 0. The number of rotatable bonds is 2. The molecule has 3 rings (SSSR count). The van der Waals surface area contributed by atoms with Gasteiger partial charge in [-0.3, -0.25) is 4.79 Å². The van der Waals surface area contributed by atoms with Gasteiger partial charge in [0.25, 0.3) is 5.91 Å². The number of hydrogen-bond acceptors (Lipinski definition) is 3. The Bertz CT molecular complexity index is 716. The summed E-state index contributed by atoms with van der Waals surface area (Å²) in [5, 5.41) is 5.96. The molecule has 0 aliphatic carbocycles. The number of halogens is 1. The van der Waals surface area contributed by atoms with Crippen molar-refractivity contribution in [3.05, 3.63) is 52.2 Å². The lowest BCUT2D eigenvalue weighted by atomic mass is 10.2. The van der Waals surface area contributed by atoms with E-state index in [0.29, 0.717) is 4.67 Å². The molecule has 0 radical (unpaired) electrons. The first kappa shape index (κ1) is 11.5. The zero-order valence-corrected chi connectivity index (χ0v) is 11.5. The SMILES string of the molecule is O=C(Nc1ccc2sccc2c1)c1ccc(Br)o1. The van der Waals surface area contributed by atoms with Gasteiger partial charge in [-0.05, 0) is 63.1 Å². The number of carbonyl (C=O) groups is 1. The molecule has 2 aromatic heterocycles. The topological polar surface area (TPSA) is 42.2 Å². The number of furan rings is 1. The van der Waals surface area contributed by atoms with Gasteiger partial charge in [-0.2, -0.15) is 0 Å². The molecular formula is C13H8BrNO2S. The minimum absolute atomic E-state index is 0.254. The lowest BCUT2D eigenvalue weighted by Gasteiger charge is -2.03. The molecule has 3 nitrogen and oxygen atoms in total. The summed E-state index contributed by atoms with van der Waals surface area (Å²) in [5.74, 6) is 0.0302. The van der Waals surface area contributed by atoms with Gasteiger partial charge in [-0.15, -0.1) is 11.3 Å². The van der Waals surface area contributed by atoms with Crippen molar-refractivity contribution < 1.29 is 9.21 Å². The summed E-state index contributed by atoms with van der Waals surface area (Å²) < 4.78 is 6.94. The van der Waals surface area contributed by atoms with Crippen molar-refractivity contribution >= 4 is 48.9 Å². The fourth-order valence-corrected chi connectivity index (χ4v) is 2.75. The summed E-state index contributed by atoms with van der Waals surface area (Å²) in [7, 11) is 0. The molecule has 5 heteroatoms. The number of amides is 1. The molecule has 0 saturated carbocycles. The smallest absolute Gasteiger partial charge is 0.291 e. The third kappa shape index (κ3) is 2.19. The van der Waals surface area contributed by atoms with E-state index in [1.54, 1.807) is 23.5 Å². The van der Waals surface area contributed by atoms with Gasteiger partial charge >= 0.3 is 0 Å². The maximum atomic E-state index is 11.9. The van der Waals surface area contributed by atoms with E-state index in [4.69, 9.17) is 4.42 Å². The van der Waals surface area contributed by atoms with E-state index in [0.717, 1.165) is 11.1 Å². The van der Waals surface area contributed by atoms with E-state index in [1.165, 1.54) is 4.70 Å². The van der Waals surface area contributed by atoms with Crippen molar-refractivity contribution in [1.29, 1.82) is 0 Å². The van der Waals surface area contributed by atoms with E-state index >= 15 is 0 Å². The Morgan fingerprint density at radius 3 is 2.89 bits per heavy atom. The number of anilines is 1. The molecule has 0 aliphatic heterocycles. The molecular weight excluding hydrogens is 314 g/mol. The Kier molecular flexibility index (Phi) is 2.93. The molecule has 0 aliphatic rings. The monoisotopic (exact) mass is 321 g/mol. The largest absolute Gasteiger partial charge is 0.444 e. The van der Waals surface area contributed by atoms with Gasteiger partial charge in [0.05, 0.1) is 0 Å². The summed E-state index contributed by atoms with van der Waals surface area (Å²) in [5.41, 5.74) is 0.762. The molecule has 18 heavy (non-hydrogen) atoms. The van der Waals surface area contributed by atoms with Gasteiger partial charge in [-0.25, -0.2) is 0 Å². The van der Waals surface area contributed by atoms with Crippen LogP contribution in [0.25, 0.3) is 10.1 Å². The molecule has 0 unspecified atom stereocenters. The first-order chi connectivity index (χ1) is 8.72. The second-order valence-electron chi connectivity index (χ2n) is 3.73. The molecule has 1 aromatic carbocycles. The summed E-state index contributed by atoms with van der Waals surface area (Å²) in [6.45, 7) is 0. The minimum atomic E-state index is -0.254. The predicted octanol–water partition coefficient (Wildman–Crippen LogP) is 4.51. The van der Waals surface area contributed by atoms with Gasteiger partial charge in [0.15, 0.2) is 10.4 Å². The quantitative estimate of drug-likeness (QED) is 0.754. The third-order valence-corrected chi connectivity index (χ3v) is 3.83. The minimum Gasteiger partial charge on any atom is -0.444 e. The van der Waals surface area contributed by atoms with Gasteiger partial charge in [0, 0.05) is 10.4 Å². The van der Waals surface area contributed by atoms with Crippen LogP contribution in [-0.4, -0.2) is 5.91 Å². The highest BCUT2D eigenvalue weighted by atomic mass is 79.9. The van der Waals surface area contributed by atoms with Crippen LogP contribution in [0.1, 0.15) is 10.6 Å². The molecule has 0 atom stereocenters. The van der Waals surface area contributed by atoms with E-state index in [-0.39, 0.29) is 11.7 Å². The second-order valence-corrected chi connectivity index (χ2v) is 5.46. The number of nitrogens with one attached hydrogen (secondary N) is 1. The Morgan fingerprint density at radius 2 is 2.11 bits per heavy atom. The maximum Gasteiger partial charge on any atom is 0.291 e. The van der Waals surface area contributed by atoms with Crippen molar-refractivity contribution in [3.8, 4) is 0 Å². The molecule has 0 spiro atoms. The van der Waals surface area contributed by atoms with Crippen LogP contribution in [0.4, 0.5) is 5.69 Å². The van der Waals surface area contributed by atoms with E-state index in [9.17, 15) is 4.79 Å². The van der Waals surface area contributed by atoms with Gasteiger partial charge in [-0.1, -0.05) is 0 Å². The van der Waals surface area contributed by atoms with Crippen LogP contribution in [0.3, 0.4) is 0 Å². The molecule has 1 N–H and O–H groups in total. The lowest BCUT2D eigenvalue weighted by molar-refractivity contribution is 0.0995. The Morgan fingerprint density at radius 1 is 1.22 bits per heavy atom. The van der Waals surface area contributed by atoms with Crippen molar-refractivity contribution in [1.82, 2.24) is 0 Å². The summed E-state index contributed by atoms with van der Waals surface area (Å²) in [6, 6.07) is 11.2. The summed E-state index contributed by atoms with van der Waals surface area (Å²) in [6.07, 6.45) is 0.